The summed E-state index contributed by atoms with van der Waals surface area (Å²) in [7, 11) is 0. The van der Waals surface area contributed by atoms with Crippen LogP contribution in [0, 0.1) is 0 Å². The number of carboxylic acids is 1. The summed E-state index contributed by atoms with van der Waals surface area (Å²) in [6.45, 7) is 0.707. The fourth-order valence-electron chi connectivity index (χ4n) is 1.31. The molecule has 0 saturated heterocycles. The van der Waals surface area contributed by atoms with E-state index < -0.39 is 5.97 Å². The van der Waals surface area contributed by atoms with Crippen LogP contribution in [-0.4, -0.2) is 27.6 Å². The molecule has 6 heteroatoms. The van der Waals surface area contributed by atoms with E-state index in [0.717, 1.165) is 23.3 Å². The molecule has 0 radical (unpaired) electrons. The molecule has 0 unspecified atom stereocenters. The van der Waals surface area contributed by atoms with E-state index in [1.165, 1.54) is 6.20 Å². The molecular formula is C11H11N3O2S. The molecule has 0 atom stereocenters. The number of carboxylic acid groups (broad SMARTS) is 1. The molecule has 0 aliphatic carbocycles. The summed E-state index contributed by atoms with van der Waals surface area (Å²) in [5, 5.41) is 12.5. The quantitative estimate of drug-likeness (QED) is 0.846. The second kappa shape index (κ2) is 5.40. The Hall–Kier alpha value is -1.95. The van der Waals surface area contributed by atoms with Crippen molar-refractivity contribution in [2.45, 2.75) is 6.42 Å². The number of hydrogen-bond acceptors (Lipinski definition) is 5. The van der Waals surface area contributed by atoms with Crippen molar-refractivity contribution in [2.75, 3.05) is 11.9 Å². The lowest BCUT2D eigenvalue weighted by Crippen LogP contribution is -2.04. The lowest BCUT2D eigenvalue weighted by molar-refractivity contribution is 0.0702. The van der Waals surface area contributed by atoms with Gasteiger partial charge in [-0.2, -0.15) is 0 Å². The second-order valence-electron chi connectivity index (χ2n) is 3.37. The first kappa shape index (κ1) is 11.5. The fraction of sp³-hybridized carbons (Fsp3) is 0.182. The van der Waals surface area contributed by atoms with Crippen LogP contribution in [0.1, 0.15) is 15.2 Å². The first-order valence-electron chi connectivity index (χ1n) is 5.07. The molecule has 2 rings (SSSR count). The topological polar surface area (TPSA) is 75.1 Å². The van der Waals surface area contributed by atoms with Crippen LogP contribution in [0.4, 0.5) is 5.13 Å². The normalized spacial score (nSPS) is 10.1. The summed E-state index contributed by atoms with van der Waals surface area (Å²) in [5.41, 5.74) is 1.13. The Morgan fingerprint density at radius 1 is 1.47 bits per heavy atom. The van der Waals surface area contributed by atoms with Crippen LogP contribution in [0.5, 0.6) is 0 Å². The maximum atomic E-state index is 10.6. The number of rotatable bonds is 5. The minimum atomic E-state index is -0.942. The predicted octanol–water partition coefficient (Wildman–Crippen LogP) is 1.89. The number of carbonyl (C=O) groups is 1. The molecule has 0 fully saturated rings. The predicted molar refractivity (Wildman–Crippen MR) is 65.5 cm³/mol. The zero-order valence-corrected chi connectivity index (χ0v) is 9.78. The third kappa shape index (κ3) is 3.25. The molecule has 2 aromatic heterocycles. The Balaban J connectivity index is 1.84. The van der Waals surface area contributed by atoms with Crippen LogP contribution in [0.15, 0.2) is 30.7 Å². The lowest BCUT2D eigenvalue weighted by atomic mass is 10.2. The van der Waals surface area contributed by atoms with Crippen LogP contribution in [0.3, 0.4) is 0 Å². The van der Waals surface area contributed by atoms with Crippen molar-refractivity contribution in [2.24, 2.45) is 0 Å². The van der Waals surface area contributed by atoms with Crippen molar-refractivity contribution in [3.63, 3.8) is 0 Å². The van der Waals surface area contributed by atoms with Gasteiger partial charge in [-0.3, -0.25) is 4.98 Å². The van der Waals surface area contributed by atoms with Crippen LogP contribution in [-0.2, 0) is 6.42 Å². The van der Waals surface area contributed by atoms with E-state index in [0.29, 0.717) is 11.7 Å². The number of thiazole rings is 1. The van der Waals surface area contributed by atoms with Gasteiger partial charge in [0.15, 0.2) is 5.13 Å². The summed E-state index contributed by atoms with van der Waals surface area (Å²) in [5.74, 6) is -0.942. The van der Waals surface area contributed by atoms with Gasteiger partial charge < -0.3 is 10.4 Å². The molecule has 0 saturated carbocycles. The highest BCUT2D eigenvalue weighted by molar-refractivity contribution is 7.17. The molecule has 2 heterocycles. The third-order valence-corrected chi connectivity index (χ3v) is 3.07. The van der Waals surface area contributed by atoms with Gasteiger partial charge in [-0.15, -0.1) is 0 Å². The zero-order chi connectivity index (χ0) is 12.1. The maximum Gasteiger partial charge on any atom is 0.347 e. The van der Waals surface area contributed by atoms with Gasteiger partial charge in [0.2, 0.25) is 0 Å². The Kier molecular flexibility index (Phi) is 3.66. The van der Waals surface area contributed by atoms with Gasteiger partial charge in [0.25, 0.3) is 0 Å². The molecule has 2 aromatic rings. The molecule has 0 aliphatic rings. The van der Waals surface area contributed by atoms with Gasteiger partial charge in [0.05, 0.1) is 6.20 Å². The second-order valence-corrected chi connectivity index (χ2v) is 4.40. The smallest absolute Gasteiger partial charge is 0.347 e. The summed E-state index contributed by atoms with van der Waals surface area (Å²) < 4.78 is 0. The maximum absolute atomic E-state index is 10.6. The van der Waals surface area contributed by atoms with Crippen LogP contribution in [0.2, 0.25) is 0 Å². The average molecular weight is 249 g/mol. The molecule has 0 amide bonds. The first-order valence-corrected chi connectivity index (χ1v) is 5.89. The summed E-state index contributed by atoms with van der Waals surface area (Å²) in [6, 6.07) is 3.89. The number of aromatic nitrogens is 2. The number of hydrogen-bond donors (Lipinski definition) is 2. The SMILES string of the molecule is O=C(O)c1cnc(NCCc2cccnc2)s1. The minimum Gasteiger partial charge on any atom is -0.477 e. The molecule has 0 bridgehead atoms. The fourth-order valence-corrected chi connectivity index (χ4v) is 2.00. The Bertz CT molecular complexity index is 498. The standard InChI is InChI=1S/C11H11N3O2S/c15-10(16)9-7-14-11(17-9)13-5-3-8-2-1-4-12-6-8/h1-2,4,6-7H,3,5H2,(H,13,14)(H,15,16). The number of aromatic carboxylic acids is 1. The number of nitrogens with zero attached hydrogens (tertiary/aromatic N) is 2. The molecule has 0 aliphatic heterocycles. The number of nitrogens with one attached hydrogen (secondary N) is 1. The highest BCUT2D eigenvalue weighted by Crippen LogP contribution is 2.17. The minimum absolute atomic E-state index is 0.244. The van der Waals surface area contributed by atoms with Crippen molar-refractivity contribution in [3.05, 3.63) is 41.2 Å². The summed E-state index contributed by atoms with van der Waals surface area (Å²) in [4.78, 5) is 18.9. The van der Waals surface area contributed by atoms with Crippen molar-refractivity contribution in [1.29, 1.82) is 0 Å². The van der Waals surface area contributed by atoms with Crippen molar-refractivity contribution < 1.29 is 9.90 Å². The number of pyridine rings is 1. The van der Waals surface area contributed by atoms with E-state index in [-0.39, 0.29) is 4.88 Å². The number of anilines is 1. The largest absolute Gasteiger partial charge is 0.477 e. The molecule has 88 valence electrons. The monoisotopic (exact) mass is 249 g/mol. The summed E-state index contributed by atoms with van der Waals surface area (Å²) >= 11 is 1.14. The Labute approximate surface area is 102 Å². The van der Waals surface area contributed by atoms with Crippen LogP contribution in [0.25, 0.3) is 0 Å². The van der Waals surface area contributed by atoms with E-state index in [4.69, 9.17) is 5.11 Å². The van der Waals surface area contributed by atoms with E-state index >= 15 is 0 Å². The molecule has 0 spiro atoms. The van der Waals surface area contributed by atoms with Gasteiger partial charge in [-0.25, -0.2) is 9.78 Å². The van der Waals surface area contributed by atoms with E-state index in [1.54, 1.807) is 6.20 Å². The van der Waals surface area contributed by atoms with Crippen LogP contribution < -0.4 is 5.32 Å². The molecule has 2 N–H and O–H groups in total. The van der Waals surface area contributed by atoms with Gasteiger partial charge >= 0.3 is 5.97 Å². The van der Waals surface area contributed by atoms with Crippen molar-refractivity contribution >= 4 is 22.4 Å². The van der Waals surface area contributed by atoms with E-state index in [2.05, 4.69) is 15.3 Å². The molecule has 0 aromatic carbocycles. The van der Waals surface area contributed by atoms with Gasteiger partial charge in [-0.1, -0.05) is 17.4 Å². The average Bonchev–Trinajstić information content (AvgIpc) is 2.79. The highest BCUT2D eigenvalue weighted by atomic mass is 32.1. The molecule has 5 nitrogen and oxygen atoms in total. The van der Waals surface area contributed by atoms with Gasteiger partial charge in [0, 0.05) is 18.9 Å². The van der Waals surface area contributed by atoms with Crippen molar-refractivity contribution in [3.8, 4) is 0 Å². The summed E-state index contributed by atoms with van der Waals surface area (Å²) in [6.07, 6.45) is 5.73. The lowest BCUT2D eigenvalue weighted by Gasteiger charge is -2.01. The van der Waals surface area contributed by atoms with Crippen molar-refractivity contribution in [1.82, 2.24) is 9.97 Å². The van der Waals surface area contributed by atoms with Gasteiger partial charge in [0.1, 0.15) is 4.88 Å². The third-order valence-electron chi connectivity index (χ3n) is 2.13. The highest BCUT2D eigenvalue weighted by Gasteiger charge is 2.07. The molecule has 17 heavy (non-hydrogen) atoms. The van der Waals surface area contributed by atoms with E-state index in [9.17, 15) is 4.79 Å². The molecular weight excluding hydrogens is 238 g/mol. The zero-order valence-electron chi connectivity index (χ0n) is 8.96. The Morgan fingerprint density at radius 2 is 2.35 bits per heavy atom. The first-order chi connectivity index (χ1) is 8.25. The Morgan fingerprint density at radius 3 is 3.00 bits per heavy atom. The van der Waals surface area contributed by atoms with E-state index in [1.807, 2.05) is 18.3 Å². The van der Waals surface area contributed by atoms with Gasteiger partial charge in [-0.05, 0) is 18.1 Å². The van der Waals surface area contributed by atoms with Crippen LogP contribution >= 0.6 is 11.3 Å².